The van der Waals surface area contributed by atoms with Crippen LogP contribution in [-0.4, -0.2) is 46.8 Å². The average molecular weight is 400 g/mol. The molecule has 0 aliphatic rings. The third-order valence-corrected chi connectivity index (χ3v) is 5.08. The smallest absolute Gasteiger partial charge is 0.180 e. The molecule has 5 aromatic rings. The fourth-order valence-corrected chi connectivity index (χ4v) is 3.49. The summed E-state index contributed by atoms with van der Waals surface area (Å²) in [6.45, 7) is 2.52. The molecule has 3 aromatic heterocycles. The van der Waals surface area contributed by atoms with Crippen LogP contribution in [0.4, 0.5) is 0 Å². The predicted molar refractivity (Wildman–Crippen MR) is 111 cm³/mol. The Morgan fingerprint density at radius 3 is 2.77 bits per heavy atom. The van der Waals surface area contributed by atoms with Crippen LogP contribution in [0.2, 0.25) is 0 Å². The van der Waals surface area contributed by atoms with E-state index < -0.39 is 0 Å². The first-order chi connectivity index (χ1) is 14.7. The molecule has 30 heavy (non-hydrogen) atoms. The van der Waals surface area contributed by atoms with Gasteiger partial charge < -0.3 is 4.74 Å². The molecule has 9 heteroatoms. The van der Waals surface area contributed by atoms with E-state index in [4.69, 9.17) is 14.8 Å². The van der Waals surface area contributed by atoms with Crippen molar-refractivity contribution in [2.45, 2.75) is 19.5 Å². The number of aromatic nitrogens is 8. The Balaban J connectivity index is 1.65. The Morgan fingerprint density at radius 1 is 1.13 bits per heavy atom. The molecule has 0 amide bonds. The van der Waals surface area contributed by atoms with Gasteiger partial charge in [-0.2, -0.15) is 15.3 Å². The molecule has 0 radical (unpaired) electrons. The number of nitrogens with one attached hydrogen (secondary N) is 1. The monoisotopic (exact) mass is 400 g/mol. The summed E-state index contributed by atoms with van der Waals surface area (Å²) in [6, 6.07) is 16.0. The maximum absolute atomic E-state index is 5.40. The predicted octanol–water partition coefficient (Wildman–Crippen LogP) is 3.08. The number of H-pyrrole nitrogens is 1. The Morgan fingerprint density at radius 2 is 2.00 bits per heavy atom. The van der Waals surface area contributed by atoms with Gasteiger partial charge in [0.2, 0.25) is 0 Å². The van der Waals surface area contributed by atoms with Crippen molar-refractivity contribution in [2.24, 2.45) is 0 Å². The molecule has 150 valence electrons. The van der Waals surface area contributed by atoms with E-state index in [0.29, 0.717) is 18.2 Å². The summed E-state index contributed by atoms with van der Waals surface area (Å²) >= 11 is 0. The van der Waals surface area contributed by atoms with Crippen molar-refractivity contribution < 1.29 is 4.74 Å². The van der Waals surface area contributed by atoms with Crippen molar-refractivity contribution >= 4 is 10.9 Å². The van der Waals surface area contributed by atoms with Crippen LogP contribution < -0.4 is 4.74 Å². The molecule has 2 aromatic carbocycles. The molecule has 1 atom stereocenters. The number of hydrogen-bond acceptors (Lipinski definition) is 6. The van der Waals surface area contributed by atoms with E-state index >= 15 is 0 Å². The first-order valence-corrected chi connectivity index (χ1v) is 9.58. The van der Waals surface area contributed by atoms with Crippen LogP contribution in [0.15, 0.2) is 61.2 Å². The number of fused-ring (bicyclic) bond motifs is 1. The number of hydrogen-bond donors (Lipinski definition) is 1. The van der Waals surface area contributed by atoms with Gasteiger partial charge in [0, 0.05) is 5.39 Å². The fourth-order valence-electron chi connectivity index (χ4n) is 3.49. The molecule has 0 saturated heterocycles. The summed E-state index contributed by atoms with van der Waals surface area (Å²) in [5, 5.41) is 17.5. The minimum atomic E-state index is -0.0319. The molecule has 0 aliphatic heterocycles. The van der Waals surface area contributed by atoms with Gasteiger partial charge >= 0.3 is 0 Å². The number of rotatable bonds is 6. The molecule has 1 unspecified atom stereocenters. The van der Waals surface area contributed by atoms with E-state index in [1.807, 2.05) is 41.1 Å². The Bertz CT molecular complexity index is 1270. The van der Waals surface area contributed by atoms with Crippen molar-refractivity contribution in [3.05, 3.63) is 72.6 Å². The molecule has 0 saturated carbocycles. The SMILES string of the molecule is COc1ccc2[nH]nc(-c3nc(Cn4cncn4)nn3C(C)c3ccccc3)c2c1. The van der Waals surface area contributed by atoms with Gasteiger partial charge in [-0.3, -0.25) is 5.10 Å². The van der Waals surface area contributed by atoms with E-state index in [1.54, 1.807) is 18.1 Å². The second kappa shape index (κ2) is 7.43. The number of nitrogens with zero attached hydrogens (tertiary/aromatic N) is 7. The third-order valence-electron chi connectivity index (χ3n) is 5.08. The van der Waals surface area contributed by atoms with Crippen molar-refractivity contribution in [1.29, 1.82) is 0 Å². The molecule has 9 nitrogen and oxygen atoms in total. The van der Waals surface area contributed by atoms with Gasteiger partial charge in [-0.05, 0) is 30.7 Å². The third kappa shape index (κ3) is 3.20. The Kier molecular flexibility index (Phi) is 4.47. The highest BCUT2D eigenvalue weighted by Gasteiger charge is 2.22. The maximum Gasteiger partial charge on any atom is 0.180 e. The topological polar surface area (TPSA) is 99.3 Å². The van der Waals surface area contributed by atoms with Crippen LogP contribution in [0.1, 0.15) is 24.4 Å². The second-order valence-corrected chi connectivity index (χ2v) is 6.96. The zero-order valence-corrected chi connectivity index (χ0v) is 16.6. The van der Waals surface area contributed by atoms with E-state index in [2.05, 4.69) is 39.3 Å². The first-order valence-electron chi connectivity index (χ1n) is 9.58. The molecule has 0 aliphatic carbocycles. The second-order valence-electron chi connectivity index (χ2n) is 6.96. The number of methoxy groups -OCH3 is 1. The van der Waals surface area contributed by atoms with Crippen molar-refractivity contribution in [2.75, 3.05) is 7.11 Å². The summed E-state index contributed by atoms with van der Waals surface area (Å²) in [6.07, 6.45) is 3.15. The fraction of sp³-hybridized carbons (Fsp3) is 0.190. The summed E-state index contributed by atoms with van der Waals surface area (Å²) in [7, 11) is 1.65. The van der Waals surface area contributed by atoms with Gasteiger partial charge in [-0.1, -0.05) is 30.3 Å². The quantitative estimate of drug-likeness (QED) is 0.470. The van der Waals surface area contributed by atoms with E-state index in [0.717, 1.165) is 27.9 Å². The van der Waals surface area contributed by atoms with Crippen LogP contribution in [0.3, 0.4) is 0 Å². The van der Waals surface area contributed by atoms with Gasteiger partial charge in [0.15, 0.2) is 11.6 Å². The summed E-state index contributed by atoms with van der Waals surface area (Å²) < 4.78 is 9.01. The van der Waals surface area contributed by atoms with Crippen LogP contribution >= 0.6 is 0 Å². The van der Waals surface area contributed by atoms with E-state index in [1.165, 1.54) is 6.33 Å². The summed E-state index contributed by atoms with van der Waals surface area (Å²) in [4.78, 5) is 8.82. The standard InChI is InChI=1S/C21H20N8O/c1-14(15-6-4-3-5-7-15)29-21(24-19(27-29)11-28-13-22-12-23-28)20-17-10-16(30-2)8-9-18(17)25-26-20/h3-10,12-14H,11H2,1-2H3,(H,25,26). The van der Waals surface area contributed by atoms with Crippen LogP contribution in [0, 0.1) is 0 Å². The van der Waals surface area contributed by atoms with Gasteiger partial charge in [0.05, 0.1) is 18.7 Å². The summed E-state index contributed by atoms with van der Waals surface area (Å²) in [5.74, 6) is 2.08. The average Bonchev–Trinajstić information content (AvgIpc) is 3.53. The normalized spacial score (nSPS) is 12.3. The van der Waals surface area contributed by atoms with Crippen LogP contribution in [0.5, 0.6) is 5.75 Å². The lowest BCUT2D eigenvalue weighted by Crippen LogP contribution is -2.11. The Hall–Kier alpha value is -4.01. The molecule has 3 heterocycles. The van der Waals surface area contributed by atoms with Crippen molar-refractivity contribution in [3.63, 3.8) is 0 Å². The largest absolute Gasteiger partial charge is 0.497 e. The number of benzene rings is 2. The minimum Gasteiger partial charge on any atom is -0.497 e. The highest BCUT2D eigenvalue weighted by molar-refractivity contribution is 5.92. The lowest BCUT2D eigenvalue weighted by Gasteiger charge is -2.14. The molecular weight excluding hydrogens is 380 g/mol. The maximum atomic E-state index is 5.40. The zero-order valence-electron chi connectivity index (χ0n) is 16.6. The van der Waals surface area contributed by atoms with Gasteiger partial charge in [0.25, 0.3) is 0 Å². The molecule has 5 rings (SSSR count). The highest BCUT2D eigenvalue weighted by Crippen LogP contribution is 2.31. The molecule has 0 fully saturated rings. The lowest BCUT2D eigenvalue weighted by atomic mass is 10.1. The van der Waals surface area contributed by atoms with Crippen molar-refractivity contribution in [3.8, 4) is 17.3 Å². The van der Waals surface area contributed by atoms with Crippen LogP contribution in [-0.2, 0) is 6.54 Å². The van der Waals surface area contributed by atoms with E-state index in [-0.39, 0.29) is 6.04 Å². The number of aromatic amines is 1. The van der Waals surface area contributed by atoms with Crippen molar-refractivity contribution in [1.82, 2.24) is 39.7 Å². The van der Waals surface area contributed by atoms with Gasteiger partial charge in [0.1, 0.15) is 30.6 Å². The highest BCUT2D eigenvalue weighted by atomic mass is 16.5. The molecule has 1 N–H and O–H groups in total. The first kappa shape index (κ1) is 18.0. The molecular formula is C21H20N8O. The lowest BCUT2D eigenvalue weighted by molar-refractivity contribution is 0.415. The minimum absolute atomic E-state index is 0.0319. The molecule has 0 bridgehead atoms. The zero-order chi connectivity index (χ0) is 20.5. The summed E-state index contributed by atoms with van der Waals surface area (Å²) in [5.41, 5.74) is 2.77. The number of ether oxygens (including phenoxy) is 1. The van der Waals surface area contributed by atoms with Gasteiger partial charge in [-0.15, -0.1) is 0 Å². The molecule has 0 spiro atoms. The Labute approximate surface area is 172 Å². The van der Waals surface area contributed by atoms with Gasteiger partial charge in [-0.25, -0.2) is 19.3 Å². The van der Waals surface area contributed by atoms with Crippen LogP contribution in [0.25, 0.3) is 22.4 Å². The van der Waals surface area contributed by atoms with E-state index in [9.17, 15) is 0 Å².